The molecule has 0 N–H and O–H groups in total. The van der Waals surface area contributed by atoms with Crippen LogP contribution in [0.25, 0.3) is 11.5 Å². The van der Waals surface area contributed by atoms with Crippen molar-refractivity contribution in [3.63, 3.8) is 0 Å². The molecule has 0 saturated heterocycles. The first-order valence-electron chi connectivity index (χ1n) is 4.78. The monoisotopic (exact) mass is 225 g/mol. The molecule has 0 bridgehead atoms. The lowest BCUT2D eigenvalue weighted by Crippen LogP contribution is -1.84. The summed E-state index contributed by atoms with van der Waals surface area (Å²) in [6, 6.07) is 0. The molecule has 2 heterocycles. The Bertz CT molecular complexity index is 435. The van der Waals surface area contributed by atoms with Crippen LogP contribution in [0, 0.1) is 0 Å². The van der Waals surface area contributed by atoms with E-state index in [1.54, 1.807) is 12.5 Å². The first-order valence-corrected chi connectivity index (χ1v) is 5.32. The number of halogens is 1. The molecule has 0 saturated carbocycles. The van der Waals surface area contributed by atoms with Crippen LogP contribution in [-0.2, 0) is 13.5 Å². The number of hydrogen-bond acceptors (Lipinski definition) is 3. The van der Waals surface area contributed by atoms with Crippen LogP contribution in [0.4, 0.5) is 0 Å². The lowest BCUT2D eigenvalue weighted by Gasteiger charge is -1.90. The number of imidazole rings is 1. The van der Waals surface area contributed by atoms with Crippen molar-refractivity contribution in [1.82, 2.24) is 14.5 Å². The van der Waals surface area contributed by atoms with Crippen LogP contribution >= 0.6 is 11.6 Å². The Morgan fingerprint density at radius 1 is 1.47 bits per heavy atom. The summed E-state index contributed by atoms with van der Waals surface area (Å²) in [4.78, 5) is 8.35. The third-order valence-electron chi connectivity index (χ3n) is 2.04. The molecule has 2 aromatic heterocycles. The molecule has 0 atom stereocenters. The summed E-state index contributed by atoms with van der Waals surface area (Å²) in [5.74, 6) is 2.05. The standard InChI is InChI=1S/C10H12ClN3O/c1-14-6-8(13-7-14)9-5-12-10(15-9)3-2-4-11/h5-7H,2-4H2,1H3. The van der Waals surface area contributed by atoms with Crippen LogP contribution in [0.1, 0.15) is 12.3 Å². The predicted octanol–water partition coefficient (Wildman–Crippen LogP) is 2.25. The highest BCUT2D eigenvalue weighted by atomic mass is 35.5. The van der Waals surface area contributed by atoms with E-state index in [2.05, 4.69) is 9.97 Å². The van der Waals surface area contributed by atoms with Gasteiger partial charge in [-0.3, -0.25) is 0 Å². The topological polar surface area (TPSA) is 43.9 Å². The lowest BCUT2D eigenvalue weighted by molar-refractivity contribution is 0.502. The summed E-state index contributed by atoms with van der Waals surface area (Å²) in [6.45, 7) is 0. The van der Waals surface area contributed by atoms with Gasteiger partial charge in [0.25, 0.3) is 0 Å². The molecular weight excluding hydrogens is 214 g/mol. The Morgan fingerprint density at radius 3 is 3.00 bits per heavy atom. The van der Waals surface area contributed by atoms with Crippen LogP contribution in [0.2, 0.25) is 0 Å². The maximum absolute atomic E-state index is 5.59. The van der Waals surface area contributed by atoms with Gasteiger partial charge in [-0.1, -0.05) is 0 Å². The fraction of sp³-hybridized carbons (Fsp3) is 0.400. The summed E-state index contributed by atoms with van der Waals surface area (Å²) in [6.07, 6.45) is 6.98. The van der Waals surface area contributed by atoms with Gasteiger partial charge in [0.05, 0.1) is 12.5 Å². The maximum atomic E-state index is 5.59. The van der Waals surface area contributed by atoms with Gasteiger partial charge in [-0.25, -0.2) is 9.97 Å². The van der Waals surface area contributed by atoms with Crippen molar-refractivity contribution in [1.29, 1.82) is 0 Å². The number of aromatic nitrogens is 3. The summed E-state index contributed by atoms with van der Waals surface area (Å²) >= 11 is 5.59. The summed E-state index contributed by atoms with van der Waals surface area (Å²) in [5, 5.41) is 0. The fourth-order valence-electron chi connectivity index (χ4n) is 1.30. The van der Waals surface area contributed by atoms with Crippen molar-refractivity contribution in [2.45, 2.75) is 12.8 Å². The van der Waals surface area contributed by atoms with Gasteiger partial charge in [-0.15, -0.1) is 11.6 Å². The summed E-state index contributed by atoms with van der Waals surface area (Å²) in [7, 11) is 1.92. The Labute approximate surface area is 92.9 Å². The molecule has 0 aliphatic heterocycles. The van der Waals surface area contributed by atoms with Gasteiger partial charge in [0.1, 0.15) is 5.69 Å². The van der Waals surface area contributed by atoms with Crippen molar-refractivity contribution in [3.05, 3.63) is 24.6 Å². The van der Waals surface area contributed by atoms with Crippen molar-refractivity contribution < 1.29 is 4.42 Å². The van der Waals surface area contributed by atoms with E-state index in [1.165, 1.54) is 0 Å². The van der Waals surface area contributed by atoms with E-state index in [4.69, 9.17) is 16.0 Å². The lowest BCUT2D eigenvalue weighted by atomic mass is 10.3. The van der Waals surface area contributed by atoms with Crippen LogP contribution < -0.4 is 0 Å². The van der Waals surface area contributed by atoms with Gasteiger partial charge in [0.2, 0.25) is 0 Å². The zero-order valence-electron chi connectivity index (χ0n) is 8.48. The number of hydrogen-bond donors (Lipinski definition) is 0. The average Bonchev–Trinajstić information content (AvgIpc) is 2.83. The number of alkyl halides is 1. The van der Waals surface area contributed by atoms with Crippen molar-refractivity contribution in [3.8, 4) is 11.5 Å². The molecule has 0 spiro atoms. The molecule has 5 heteroatoms. The molecule has 0 aromatic carbocycles. The fourth-order valence-corrected chi connectivity index (χ4v) is 1.44. The minimum absolute atomic E-state index is 0.626. The van der Waals surface area contributed by atoms with Crippen molar-refractivity contribution >= 4 is 11.6 Å². The molecule has 80 valence electrons. The molecule has 0 unspecified atom stereocenters. The van der Waals surface area contributed by atoms with Gasteiger partial charge in [-0.05, 0) is 6.42 Å². The number of nitrogens with zero attached hydrogens (tertiary/aromatic N) is 3. The minimum Gasteiger partial charge on any atom is -0.439 e. The quantitative estimate of drug-likeness (QED) is 0.750. The van der Waals surface area contributed by atoms with Crippen molar-refractivity contribution in [2.24, 2.45) is 7.05 Å². The molecule has 0 aliphatic carbocycles. The number of oxazole rings is 1. The van der Waals surface area contributed by atoms with Crippen molar-refractivity contribution in [2.75, 3.05) is 5.88 Å². The maximum Gasteiger partial charge on any atom is 0.195 e. The van der Waals surface area contributed by atoms with Crippen LogP contribution in [0.5, 0.6) is 0 Å². The zero-order valence-corrected chi connectivity index (χ0v) is 9.24. The normalized spacial score (nSPS) is 10.8. The number of aryl methyl sites for hydroxylation is 2. The molecule has 4 nitrogen and oxygen atoms in total. The predicted molar refractivity (Wildman–Crippen MR) is 57.7 cm³/mol. The molecule has 15 heavy (non-hydrogen) atoms. The Morgan fingerprint density at radius 2 is 2.33 bits per heavy atom. The SMILES string of the molecule is Cn1cnc(-c2cnc(CCCCl)o2)c1. The largest absolute Gasteiger partial charge is 0.439 e. The summed E-state index contributed by atoms with van der Waals surface area (Å²) < 4.78 is 7.41. The molecule has 0 aliphatic rings. The summed E-state index contributed by atoms with van der Waals surface area (Å²) in [5.41, 5.74) is 0.808. The molecule has 2 rings (SSSR count). The first kappa shape index (κ1) is 10.2. The third kappa shape index (κ3) is 2.39. The Balaban J connectivity index is 2.13. The van der Waals surface area contributed by atoms with Gasteiger partial charge in [0.15, 0.2) is 11.7 Å². The molecule has 0 amide bonds. The minimum atomic E-state index is 0.626. The second kappa shape index (κ2) is 4.49. The Hall–Kier alpha value is -1.29. The van der Waals surface area contributed by atoms with E-state index < -0.39 is 0 Å². The van der Waals surface area contributed by atoms with E-state index in [-0.39, 0.29) is 0 Å². The van der Waals surface area contributed by atoms with Crippen LogP contribution in [0.3, 0.4) is 0 Å². The number of rotatable bonds is 4. The van der Waals surface area contributed by atoms with Crippen LogP contribution in [-0.4, -0.2) is 20.4 Å². The van der Waals surface area contributed by atoms with E-state index in [9.17, 15) is 0 Å². The second-order valence-corrected chi connectivity index (χ2v) is 3.71. The van der Waals surface area contributed by atoms with Gasteiger partial charge < -0.3 is 8.98 Å². The van der Waals surface area contributed by atoms with E-state index in [1.807, 2.05) is 17.8 Å². The Kier molecular flexibility index (Phi) is 3.06. The zero-order chi connectivity index (χ0) is 10.7. The second-order valence-electron chi connectivity index (χ2n) is 3.34. The van der Waals surface area contributed by atoms with E-state index in [0.29, 0.717) is 11.6 Å². The first-order chi connectivity index (χ1) is 7.29. The van der Waals surface area contributed by atoms with E-state index in [0.717, 1.165) is 24.4 Å². The van der Waals surface area contributed by atoms with Gasteiger partial charge in [0, 0.05) is 25.5 Å². The molecule has 0 fully saturated rings. The molecule has 2 aromatic rings. The highest BCUT2D eigenvalue weighted by Gasteiger charge is 2.07. The highest BCUT2D eigenvalue weighted by Crippen LogP contribution is 2.18. The average molecular weight is 226 g/mol. The van der Waals surface area contributed by atoms with Gasteiger partial charge >= 0.3 is 0 Å². The molecular formula is C10H12ClN3O. The smallest absolute Gasteiger partial charge is 0.195 e. The van der Waals surface area contributed by atoms with Crippen LogP contribution in [0.15, 0.2) is 23.1 Å². The highest BCUT2D eigenvalue weighted by molar-refractivity contribution is 6.17. The van der Waals surface area contributed by atoms with E-state index >= 15 is 0 Å². The van der Waals surface area contributed by atoms with Gasteiger partial charge in [-0.2, -0.15) is 0 Å². The third-order valence-corrected chi connectivity index (χ3v) is 2.30. The molecule has 0 radical (unpaired) electrons.